The molecular formula is C25H34O7S. The van der Waals surface area contributed by atoms with Crippen molar-refractivity contribution in [2.24, 2.45) is 0 Å². The lowest BCUT2D eigenvalue weighted by Crippen LogP contribution is -2.24. The summed E-state index contributed by atoms with van der Waals surface area (Å²) in [5.74, 6) is -0.803. The third-order valence-corrected chi connectivity index (χ3v) is 5.19. The van der Waals surface area contributed by atoms with Gasteiger partial charge in [-0.2, -0.15) is 0 Å². The summed E-state index contributed by atoms with van der Waals surface area (Å²) < 4.78 is 10.5. The minimum Gasteiger partial charge on any atom is -0.481 e. The zero-order chi connectivity index (χ0) is 24.6. The first-order valence-electron chi connectivity index (χ1n) is 10.8. The average Bonchev–Trinajstić information content (AvgIpc) is 2.81. The van der Waals surface area contributed by atoms with E-state index in [2.05, 4.69) is 0 Å². The highest BCUT2D eigenvalue weighted by molar-refractivity contribution is 8.14. The van der Waals surface area contributed by atoms with Gasteiger partial charge >= 0.3 is 5.97 Å². The first kappa shape index (κ1) is 28.8. The lowest BCUT2D eigenvalue weighted by Gasteiger charge is -2.16. The van der Waals surface area contributed by atoms with Crippen LogP contribution in [0, 0.1) is 0 Å². The van der Waals surface area contributed by atoms with Crippen molar-refractivity contribution >= 4 is 22.8 Å². The molecule has 3 unspecified atom stereocenters. The molecule has 0 radical (unpaired) electrons. The van der Waals surface area contributed by atoms with E-state index < -0.39 is 12.1 Å². The first-order chi connectivity index (χ1) is 15.7. The van der Waals surface area contributed by atoms with Crippen LogP contribution in [0.2, 0.25) is 0 Å². The van der Waals surface area contributed by atoms with Gasteiger partial charge in [0.05, 0.1) is 38.1 Å². The molecule has 0 aliphatic carbocycles. The predicted molar refractivity (Wildman–Crippen MR) is 129 cm³/mol. The number of aliphatic carboxylic acids is 1. The Kier molecular flexibility index (Phi) is 14.3. The number of carboxylic acid groups (broad SMARTS) is 1. The lowest BCUT2D eigenvalue weighted by molar-refractivity contribution is -0.136. The van der Waals surface area contributed by atoms with Crippen molar-refractivity contribution in [3.8, 4) is 0 Å². The molecule has 0 saturated carbocycles. The van der Waals surface area contributed by atoms with Crippen LogP contribution in [0.4, 0.5) is 0 Å². The maximum atomic E-state index is 12.0. The van der Waals surface area contributed by atoms with E-state index in [-0.39, 0.29) is 30.4 Å². The van der Waals surface area contributed by atoms with Gasteiger partial charge in [-0.1, -0.05) is 42.5 Å². The van der Waals surface area contributed by atoms with Crippen molar-refractivity contribution in [2.75, 3.05) is 19.8 Å². The number of hydrogen-bond acceptors (Lipinski definition) is 7. The molecule has 7 nitrogen and oxygen atoms in total. The van der Waals surface area contributed by atoms with Gasteiger partial charge in [0.2, 0.25) is 5.12 Å². The van der Waals surface area contributed by atoms with Crippen LogP contribution in [-0.2, 0) is 20.7 Å². The molecule has 0 aliphatic heterocycles. The van der Waals surface area contributed by atoms with Gasteiger partial charge in [-0.25, -0.2) is 0 Å². The predicted octanol–water partition coefficient (Wildman–Crippen LogP) is 3.81. The number of carbonyl (C=O) groups is 2. The molecule has 33 heavy (non-hydrogen) atoms. The Morgan fingerprint density at radius 2 is 1.52 bits per heavy atom. The summed E-state index contributed by atoms with van der Waals surface area (Å²) in [7, 11) is 0. The zero-order valence-corrected chi connectivity index (χ0v) is 20.2. The van der Waals surface area contributed by atoms with Gasteiger partial charge in [0.15, 0.2) is 0 Å². The van der Waals surface area contributed by atoms with E-state index in [9.17, 15) is 9.59 Å². The van der Waals surface area contributed by atoms with Gasteiger partial charge in [-0.3, -0.25) is 9.59 Å². The number of aliphatic hydroxyl groups excluding tert-OH is 2. The average molecular weight is 479 g/mol. The summed E-state index contributed by atoms with van der Waals surface area (Å²) in [6.07, 6.45) is -0.0265. The summed E-state index contributed by atoms with van der Waals surface area (Å²) in [6.45, 7) is 6.10. The molecule has 0 fully saturated rings. The van der Waals surface area contributed by atoms with Crippen molar-refractivity contribution in [3.05, 3.63) is 65.7 Å². The molecule has 2 aromatic rings. The van der Waals surface area contributed by atoms with Gasteiger partial charge in [-0.05, 0) is 56.7 Å². The summed E-state index contributed by atoms with van der Waals surface area (Å²) in [5, 5.41) is 26.2. The number of rotatable bonds is 12. The van der Waals surface area contributed by atoms with Crippen LogP contribution in [-0.4, -0.2) is 64.5 Å². The second-order valence-corrected chi connectivity index (χ2v) is 8.66. The Morgan fingerprint density at radius 3 is 2.06 bits per heavy atom. The molecule has 0 spiro atoms. The van der Waals surface area contributed by atoms with E-state index in [0.717, 1.165) is 10.5 Å². The third-order valence-electron chi connectivity index (χ3n) is 4.27. The SMILES string of the molecule is CC(O)COC(C)COC(C)CO.O=C(O)CCc1ccc(SC(=O)c2ccccc2)cc1. The smallest absolute Gasteiger partial charge is 0.303 e. The number of benzene rings is 2. The maximum Gasteiger partial charge on any atom is 0.303 e. The first-order valence-corrected chi connectivity index (χ1v) is 11.6. The largest absolute Gasteiger partial charge is 0.481 e. The molecule has 8 heteroatoms. The molecule has 0 saturated heterocycles. The van der Waals surface area contributed by atoms with Crippen LogP contribution in [0.25, 0.3) is 0 Å². The lowest BCUT2D eigenvalue weighted by atomic mass is 10.1. The Balaban J connectivity index is 0.000000366. The second kappa shape index (κ2) is 16.4. The number of carbonyl (C=O) groups excluding carboxylic acids is 1. The zero-order valence-electron chi connectivity index (χ0n) is 19.3. The molecule has 0 aliphatic rings. The van der Waals surface area contributed by atoms with Crippen molar-refractivity contribution in [3.63, 3.8) is 0 Å². The van der Waals surface area contributed by atoms with E-state index >= 15 is 0 Å². The number of ether oxygens (including phenoxy) is 2. The van der Waals surface area contributed by atoms with Crippen LogP contribution in [0.3, 0.4) is 0 Å². The fraction of sp³-hybridized carbons (Fsp3) is 0.440. The summed E-state index contributed by atoms with van der Waals surface area (Å²) >= 11 is 1.17. The van der Waals surface area contributed by atoms with E-state index in [1.165, 1.54) is 11.8 Å². The molecule has 3 N–H and O–H groups in total. The van der Waals surface area contributed by atoms with Crippen molar-refractivity contribution in [1.29, 1.82) is 0 Å². The van der Waals surface area contributed by atoms with E-state index in [1.54, 1.807) is 26.0 Å². The number of aliphatic hydroxyl groups is 2. The molecular weight excluding hydrogens is 444 g/mol. The van der Waals surface area contributed by atoms with E-state index in [4.69, 9.17) is 24.8 Å². The topological polar surface area (TPSA) is 113 Å². The van der Waals surface area contributed by atoms with Crippen LogP contribution in [0.15, 0.2) is 59.5 Å². The van der Waals surface area contributed by atoms with Gasteiger partial charge < -0.3 is 24.8 Å². The summed E-state index contributed by atoms with van der Waals surface area (Å²) in [4.78, 5) is 23.4. The van der Waals surface area contributed by atoms with Crippen molar-refractivity contribution in [1.82, 2.24) is 0 Å². The summed E-state index contributed by atoms with van der Waals surface area (Å²) in [5.41, 5.74) is 1.64. The molecule has 0 heterocycles. The molecule has 2 rings (SSSR count). The molecule has 0 bridgehead atoms. The van der Waals surface area contributed by atoms with Crippen LogP contribution in [0.1, 0.15) is 43.1 Å². The molecule has 182 valence electrons. The minimum absolute atomic E-state index is 0.00360. The Morgan fingerprint density at radius 1 is 0.909 bits per heavy atom. The number of carboxylic acids is 1. The van der Waals surface area contributed by atoms with E-state index in [0.29, 0.717) is 25.2 Å². The summed E-state index contributed by atoms with van der Waals surface area (Å²) in [6, 6.07) is 16.6. The minimum atomic E-state index is -0.803. The van der Waals surface area contributed by atoms with Crippen LogP contribution >= 0.6 is 11.8 Å². The fourth-order valence-electron chi connectivity index (χ4n) is 2.42. The highest BCUT2D eigenvalue weighted by Crippen LogP contribution is 2.23. The number of aryl methyl sites for hydroxylation is 1. The van der Waals surface area contributed by atoms with Gasteiger partial charge in [-0.15, -0.1) is 0 Å². The Labute approximate surface area is 199 Å². The molecule has 3 atom stereocenters. The highest BCUT2D eigenvalue weighted by atomic mass is 32.2. The fourth-order valence-corrected chi connectivity index (χ4v) is 3.16. The second-order valence-electron chi connectivity index (χ2n) is 7.61. The van der Waals surface area contributed by atoms with Crippen LogP contribution < -0.4 is 0 Å². The normalized spacial score (nSPS) is 13.4. The Hall–Kier alpha value is -2.23. The van der Waals surface area contributed by atoms with Gasteiger partial charge in [0.1, 0.15) is 0 Å². The number of thioether (sulfide) groups is 1. The van der Waals surface area contributed by atoms with E-state index in [1.807, 2.05) is 49.4 Å². The molecule has 2 aromatic carbocycles. The third kappa shape index (κ3) is 13.8. The maximum absolute atomic E-state index is 12.0. The Bertz CT molecular complexity index is 809. The standard InChI is InChI=1S/C16H14O3S.C9H20O4/c17-15(18)11-8-12-6-9-14(10-7-12)20-16(19)13-4-2-1-3-5-13;1-7(11)5-12-9(3)6-13-8(2)4-10/h1-7,9-10H,8,11H2,(H,17,18);7-11H,4-6H2,1-3H3. The van der Waals surface area contributed by atoms with Crippen molar-refractivity contribution in [2.45, 2.75) is 56.8 Å². The van der Waals surface area contributed by atoms with Crippen LogP contribution in [0.5, 0.6) is 0 Å². The molecule has 0 aromatic heterocycles. The monoisotopic (exact) mass is 478 g/mol. The van der Waals surface area contributed by atoms with Gasteiger partial charge in [0, 0.05) is 16.9 Å². The number of hydrogen-bond donors (Lipinski definition) is 3. The molecule has 0 amide bonds. The van der Waals surface area contributed by atoms with Gasteiger partial charge in [0.25, 0.3) is 0 Å². The van der Waals surface area contributed by atoms with Crippen molar-refractivity contribution < 1.29 is 34.4 Å². The quantitative estimate of drug-likeness (QED) is 0.395. The highest BCUT2D eigenvalue weighted by Gasteiger charge is 2.08.